The van der Waals surface area contributed by atoms with Crippen LogP contribution < -0.4 is 9.64 Å². The van der Waals surface area contributed by atoms with Crippen LogP contribution in [0, 0.1) is 0 Å². The van der Waals surface area contributed by atoms with Crippen LogP contribution in [0.25, 0.3) is 5.76 Å². The fourth-order valence-electron chi connectivity index (χ4n) is 4.83. The Morgan fingerprint density at radius 3 is 2.42 bits per heavy atom. The predicted octanol–water partition coefficient (Wildman–Crippen LogP) is 5.49. The molecule has 2 heterocycles. The maximum Gasteiger partial charge on any atom is 0.573 e. The number of halogens is 3. The normalized spacial score (nSPS) is 19.3. The molecule has 2 aliphatic rings. The maximum atomic E-state index is 13.3. The molecule has 1 aromatic heterocycles. The molecule has 1 saturated heterocycles. The number of pyridine rings is 1. The van der Waals surface area contributed by atoms with Gasteiger partial charge in [0.1, 0.15) is 11.5 Å². The Labute approximate surface area is 204 Å². The van der Waals surface area contributed by atoms with Crippen molar-refractivity contribution in [3.05, 3.63) is 94.8 Å². The summed E-state index contributed by atoms with van der Waals surface area (Å²) in [4.78, 5) is 31.5. The predicted molar refractivity (Wildman–Crippen MR) is 125 cm³/mol. The number of fused-ring (bicyclic) bond motifs is 1. The Kier molecular flexibility index (Phi) is 5.99. The van der Waals surface area contributed by atoms with Gasteiger partial charge in [0.15, 0.2) is 0 Å². The number of rotatable bonds is 4. The minimum atomic E-state index is -4.93. The average Bonchev–Trinajstić information content (AvgIpc) is 3.13. The number of aliphatic hydroxyl groups is 1. The molecule has 1 fully saturated rings. The molecule has 0 spiro atoms. The highest BCUT2D eigenvalue weighted by Crippen LogP contribution is 2.43. The maximum absolute atomic E-state index is 13.3. The van der Waals surface area contributed by atoms with Gasteiger partial charge in [0, 0.05) is 29.7 Å². The number of nitrogens with zero attached hydrogens (tertiary/aromatic N) is 2. The topological polar surface area (TPSA) is 79.7 Å². The molecule has 1 unspecified atom stereocenters. The van der Waals surface area contributed by atoms with E-state index in [1.807, 2.05) is 12.1 Å². The number of aliphatic hydroxyl groups excluding tert-OH is 1. The van der Waals surface area contributed by atoms with Gasteiger partial charge in [-0.05, 0) is 72.7 Å². The van der Waals surface area contributed by atoms with Crippen molar-refractivity contribution in [1.29, 1.82) is 0 Å². The lowest BCUT2D eigenvalue weighted by atomic mass is 9.89. The highest BCUT2D eigenvalue weighted by Gasteiger charge is 2.47. The molecule has 0 radical (unpaired) electrons. The van der Waals surface area contributed by atoms with Crippen molar-refractivity contribution >= 4 is 23.1 Å². The van der Waals surface area contributed by atoms with Gasteiger partial charge in [-0.2, -0.15) is 0 Å². The van der Waals surface area contributed by atoms with Crippen molar-refractivity contribution in [2.24, 2.45) is 0 Å². The zero-order chi connectivity index (χ0) is 25.4. The molecule has 0 bridgehead atoms. The van der Waals surface area contributed by atoms with Gasteiger partial charge in [-0.15, -0.1) is 13.2 Å². The monoisotopic (exact) mass is 494 g/mol. The van der Waals surface area contributed by atoms with Crippen LogP contribution in [-0.2, 0) is 22.4 Å². The summed E-state index contributed by atoms with van der Waals surface area (Å²) in [6, 6.07) is 12.4. The highest BCUT2D eigenvalue weighted by molar-refractivity contribution is 6.51. The number of Topliss-reactive ketones (excluding diaryl/α,β-unsaturated/α-hetero) is 1. The fourth-order valence-corrected chi connectivity index (χ4v) is 4.83. The van der Waals surface area contributed by atoms with Gasteiger partial charge in [-0.25, -0.2) is 0 Å². The third kappa shape index (κ3) is 4.44. The molecule has 184 valence electrons. The Morgan fingerprint density at radius 2 is 1.69 bits per heavy atom. The molecule has 1 aliphatic carbocycles. The lowest BCUT2D eigenvalue weighted by molar-refractivity contribution is -0.274. The van der Waals surface area contributed by atoms with Crippen LogP contribution in [0.3, 0.4) is 0 Å². The van der Waals surface area contributed by atoms with Crippen LogP contribution in [0.4, 0.5) is 18.9 Å². The molecule has 3 aromatic rings. The molecule has 2 aromatic carbocycles. The summed E-state index contributed by atoms with van der Waals surface area (Å²) < 4.78 is 42.4. The first-order chi connectivity index (χ1) is 17.2. The van der Waals surface area contributed by atoms with Crippen molar-refractivity contribution in [2.45, 2.75) is 38.1 Å². The minimum absolute atomic E-state index is 0.0187. The Morgan fingerprint density at radius 1 is 0.972 bits per heavy atom. The van der Waals surface area contributed by atoms with Gasteiger partial charge in [-0.3, -0.25) is 19.5 Å². The van der Waals surface area contributed by atoms with E-state index >= 15 is 0 Å². The summed E-state index contributed by atoms with van der Waals surface area (Å²) in [5.41, 5.74) is 3.00. The zero-order valence-electron chi connectivity index (χ0n) is 19.0. The largest absolute Gasteiger partial charge is 0.573 e. The number of aromatic nitrogens is 1. The van der Waals surface area contributed by atoms with E-state index in [2.05, 4.69) is 9.72 Å². The first kappa shape index (κ1) is 23.6. The summed E-state index contributed by atoms with van der Waals surface area (Å²) in [6.45, 7) is 0. The molecular formula is C27H21F3N2O4. The average molecular weight is 494 g/mol. The van der Waals surface area contributed by atoms with Crippen molar-refractivity contribution in [3.8, 4) is 5.75 Å². The Bertz CT molecular complexity index is 1370. The molecule has 5 rings (SSSR count). The van der Waals surface area contributed by atoms with Crippen LogP contribution >= 0.6 is 0 Å². The number of anilines is 1. The third-order valence-electron chi connectivity index (χ3n) is 6.42. The second-order valence-corrected chi connectivity index (χ2v) is 8.69. The smallest absolute Gasteiger partial charge is 0.507 e. The van der Waals surface area contributed by atoms with E-state index in [1.165, 1.54) is 30.1 Å². The molecule has 1 N–H and O–H groups in total. The number of amides is 1. The molecule has 0 saturated carbocycles. The van der Waals surface area contributed by atoms with E-state index in [1.54, 1.807) is 18.2 Å². The molecule has 1 amide bonds. The van der Waals surface area contributed by atoms with E-state index in [-0.39, 0.29) is 17.0 Å². The van der Waals surface area contributed by atoms with Gasteiger partial charge in [0.25, 0.3) is 11.7 Å². The van der Waals surface area contributed by atoms with Gasteiger partial charge < -0.3 is 9.84 Å². The second-order valence-electron chi connectivity index (χ2n) is 8.69. The molecular weight excluding hydrogens is 473 g/mol. The van der Waals surface area contributed by atoms with Crippen molar-refractivity contribution in [1.82, 2.24) is 4.98 Å². The fraction of sp³-hybridized carbons (Fsp3) is 0.222. The van der Waals surface area contributed by atoms with E-state index in [0.717, 1.165) is 48.3 Å². The number of alkyl halides is 3. The molecule has 1 aliphatic heterocycles. The zero-order valence-corrected chi connectivity index (χ0v) is 19.0. The summed E-state index contributed by atoms with van der Waals surface area (Å²) in [7, 11) is 0. The van der Waals surface area contributed by atoms with Crippen LogP contribution in [0.2, 0.25) is 0 Å². The van der Waals surface area contributed by atoms with Crippen molar-refractivity contribution in [3.63, 3.8) is 0 Å². The van der Waals surface area contributed by atoms with Gasteiger partial charge in [-0.1, -0.05) is 18.2 Å². The summed E-state index contributed by atoms with van der Waals surface area (Å²) in [5.74, 6) is -2.78. The summed E-state index contributed by atoms with van der Waals surface area (Å²) in [6.07, 6.45) is 1.91. The number of ether oxygens (including phenoxy) is 1. The number of aryl methyl sites for hydroxylation is 2. The number of carbonyl (C=O) groups excluding carboxylic acids is 2. The number of carbonyl (C=O) groups is 2. The van der Waals surface area contributed by atoms with E-state index in [9.17, 15) is 27.9 Å². The lowest BCUT2D eigenvalue weighted by Gasteiger charge is -2.26. The minimum Gasteiger partial charge on any atom is -0.507 e. The van der Waals surface area contributed by atoms with Crippen molar-refractivity contribution < 1.29 is 32.6 Å². The van der Waals surface area contributed by atoms with Gasteiger partial charge in [0.2, 0.25) is 0 Å². The van der Waals surface area contributed by atoms with E-state index in [4.69, 9.17) is 0 Å². The number of benzene rings is 2. The van der Waals surface area contributed by atoms with Crippen LogP contribution in [0.5, 0.6) is 5.75 Å². The van der Waals surface area contributed by atoms with Gasteiger partial charge >= 0.3 is 6.36 Å². The van der Waals surface area contributed by atoms with Crippen LogP contribution in [0.15, 0.2) is 72.6 Å². The van der Waals surface area contributed by atoms with Gasteiger partial charge in [0.05, 0.1) is 11.6 Å². The van der Waals surface area contributed by atoms with E-state index < -0.39 is 29.8 Å². The summed E-state index contributed by atoms with van der Waals surface area (Å²) >= 11 is 0. The van der Waals surface area contributed by atoms with Crippen LogP contribution in [0.1, 0.15) is 41.1 Å². The molecule has 1 atom stereocenters. The number of hydrogen-bond donors (Lipinski definition) is 1. The number of ketones is 1. The quantitative estimate of drug-likeness (QED) is 0.295. The third-order valence-corrected chi connectivity index (χ3v) is 6.42. The first-order valence-electron chi connectivity index (χ1n) is 11.4. The van der Waals surface area contributed by atoms with Crippen LogP contribution in [-0.4, -0.2) is 28.1 Å². The number of hydrogen-bond acceptors (Lipinski definition) is 5. The first-order valence-corrected chi connectivity index (χ1v) is 11.4. The lowest BCUT2D eigenvalue weighted by Crippen LogP contribution is -2.29. The molecule has 9 heteroatoms. The standard InChI is InChI=1S/C27H21F3N2O4/c28-27(29,30)36-21-7-3-6-20(15-21)32-23(17-10-12-31-13-11-17)22(25(34)26(32)35)24(33)19-9-8-16-4-1-2-5-18(16)14-19/h3,6-15,23,33H,1-2,4-5H2/b24-22-. The Balaban J connectivity index is 1.65. The Hall–Kier alpha value is -4.14. The SMILES string of the molecule is O=C1C(=O)N(c2cccc(OC(F)(F)F)c2)C(c2ccncc2)/C1=C(/O)c1ccc2c(c1)CCCC2. The molecule has 36 heavy (non-hydrogen) atoms. The molecule has 6 nitrogen and oxygen atoms in total. The summed E-state index contributed by atoms with van der Waals surface area (Å²) in [5, 5.41) is 11.3. The second kappa shape index (κ2) is 9.14. The van der Waals surface area contributed by atoms with Crippen molar-refractivity contribution in [2.75, 3.05) is 4.90 Å². The highest BCUT2D eigenvalue weighted by atomic mass is 19.4. The van der Waals surface area contributed by atoms with E-state index in [0.29, 0.717) is 11.1 Å².